The van der Waals surface area contributed by atoms with Gasteiger partial charge in [-0.05, 0) is 20.3 Å². The summed E-state index contributed by atoms with van der Waals surface area (Å²) >= 11 is 0. The lowest BCUT2D eigenvalue weighted by Crippen LogP contribution is -2.03. The van der Waals surface area contributed by atoms with Gasteiger partial charge < -0.3 is 14.0 Å². The Labute approximate surface area is 88.8 Å². The highest BCUT2D eigenvalue weighted by Gasteiger charge is 2.24. The van der Waals surface area contributed by atoms with E-state index in [4.69, 9.17) is 14.0 Å². The summed E-state index contributed by atoms with van der Waals surface area (Å²) < 4.78 is 15.9. The molecule has 5 nitrogen and oxygen atoms in total. The van der Waals surface area contributed by atoms with Crippen molar-refractivity contribution in [1.29, 1.82) is 0 Å². The molecule has 1 aliphatic rings. The van der Waals surface area contributed by atoms with Crippen LogP contribution in [0.3, 0.4) is 0 Å². The molecule has 0 aromatic carbocycles. The zero-order valence-electron chi connectivity index (χ0n) is 9.10. The Hall–Kier alpha value is -0.940. The van der Waals surface area contributed by atoms with Gasteiger partial charge in [0.15, 0.2) is 5.82 Å². The maximum absolute atomic E-state index is 5.39. The average molecular weight is 212 g/mol. The summed E-state index contributed by atoms with van der Waals surface area (Å²) in [5, 5.41) is 3.91. The Morgan fingerprint density at radius 3 is 3.13 bits per heavy atom. The molecule has 0 radical (unpaired) electrons. The molecule has 2 rings (SSSR count). The zero-order valence-corrected chi connectivity index (χ0v) is 9.10. The zero-order chi connectivity index (χ0) is 10.7. The second-order valence-electron chi connectivity index (χ2n) is 3.65. The summed E-state index contributed by atoms with van der Waals surface area (Å²) in [4.78, 5) is 4.33. The molecule has 0 N–H and O–H groups in total. The molecular weight excluding hydrogens is 196 g/mol. The van der Waals surface area contributed by atoms with Crippen LogP contribution in [0.4, 0.5) is 0 Å². The van der Waals surface area contributed by atoms with Crippen molar-refractivity contribution >= 4 is 0 Å². The molecular formula is C10H16N2O3. The molecule has 1 aliphatic heterocycles. The average Bonchev–Trinajstić information content (AvgIpc) is 2.89. The van der Waals surface area contributed by atoms with E-state index in [1.54, 1.807) is 0 Å². The minimum absolute atomic E-state index is 0.102. The molecule has 0 bridgehead atoms. The normalized spacial score (nSPS) is 23.2. The van der Waals surface area contributed by atoms with Crippen LogP contribution in [-0.4, -0.2) is 30.0 Å². The number of nitrogens with zero attached hydrogens (tertiary/aromatic N) is 2. The molecule has 0 unspecified atom stereocenters. The Balaban J connectivity index is 2.02. The number of aromatic nitrogens is 2. The van der Waals surface area contributed by atoms with Crippen molar-refractivity contribution in [3.63, 3.8) is 0 Å². The Morgan fingerprint density at radius 1 is 1.60 bits per heavy atom. The minimum atomic E-state index is -0.102. The van der Waals surface area contributed by atoms with E-state index < -0.39 is 0 Å². The van der Waals surface area contributed by atoms with Crippen molar-refractivity contribution in [2.45, 2.75) is 32.3 Å². The van der Waals surface area contributed by atoms with E-state index in [2.05, 4.69) is 10.1 Å². The molecule has 1 fully saturated rings. The highest BCUT2D eigenvalue weighted by molar-refractivity contribution is 4.97. The first-order chi connectivity index (χ1) is 7.31. The summed E-state index contributed by atoms with van der Waals surface area (Å²) in [5.41, 5.74) is 0. The Morgan fingerprint density at radius 2 is 2.47 bits per heavy atom. The SMILES string of the molecule is CCO[C@H](C)c1noc([C@@H]2CCOC2)n1. The third kappa shape index (κ3) is 2.35. The van der Waals surface area contributed by atoms with Crippen molar-refractivity contribution in [3.8, 4) is 0 Å². The van der Waals surface area contributed by atoms with E-state index in [1.165, 1.54) is 0 Å². The first-order valence-electron chi connectivity index (χ1n) is 5.34. The van der Waals surface area contributed by atoms with E-state index in [-0.39, 0.29) is 12.0 Å². The molecule has 1 saturated heterocycles. The van der Waals surface area contributed by atoms with Crippen molar-refractivity contribution in [2.24, 2.45) is 0 Å². The smallest absolute Gasteiger partial charge is 0.232 e. The van der Waals surface area contributed by atoms with E-state index in [0.717, 1.165) is 13.0 Å². The van der Waals surface area contributed by atoms with Crippen molar-refractivity contribution in [3.05, 3.63) is 11.7 Å². The lowest BCUT2D eigenvalue weighted by atomic mass is 10.1. The summed E-state index contributed by atoms with van der Waals surface area (Å²) in [5.74, 6) is 1.56. The second kappa shape index (κ2) is 4.72. The van der Waals surface area contributed by atoms with Crippen LogP contribution in [0.25, 0.3) is 0 Å². The minimum Gasteiger partial charge on any atom is -0.381 e. The summed E-state index contributed by atoms with van der Waals surface area (Å²) in [6.45, 7) is 5.98. The molecule has 0 saturated carbocycles. The Kier molecular flexibility index (Phi) is 3.33. The predicted octanol–water partition coefficient (Wildman–Crippen LogP) is 1.67. The highest BCUT2D eigenvalue weighted by Crippen LogP contribution is 2.24. The number of hydrogen-bond donors (Lipinski definition) is 0. The maximum Gasteiger partial charge on any atom is 0.232 e. The maximum atomic E-state index is 5.39. The van der Waals surface area contributed by atoms with Gasteiger partial charge in [-0.1, -0.05) is 5.16 Å². The molecule has 84 valence electrons. The first kappa shape index (κ1) is 10.6. The van der Waals surface area contributed by atoms with Gasteiger partial charge in [0.05, 0.1) is 12.5 Å². The van der Waals surface area contributed by atoms with Crippen LogP contribution >= 0.6 is 0 Å². The van der Waals surface area contributed by atoms with Crippen LogP contribution in [0.1, 0.15) is 44.0 Å². The van der Waals surface area contributed by atoms with Crippen LogP contribution in [0, 0.1) is 0 Å². The van der Waals surface area contributed by atoms with E-state index in [1.807, 2.05) is 13.8 Å². The molecule has 1 aromatic rings. The largest absolute Gasteiger partial charge is 0.381 e. The first-order valence-corrected chi connectivity index (χ1v) is 5.34. The summed E-state index contributed by atoms with van der Waals surface area (Å²) in [7, 11) is 0. The third-order valence-electron chi connectivity index (χ3n) is 2.52. The lowest BCUT2D eigenvalue weighted by Gasteiger charge is -2.05. The molecule has 0 amide bonds. The standard InChI is InChI=1S/C10H16N2O3/c1-3-14-7(2)9-11-10(15-12-9)8-4-5-13-6-8/h7-8H,3-6H2,1-2H3/t7-,8-/m1/s1. The molecule has 2 heterocycles. The van der Waals surface area contributed by atoms with Crippen molar-refractivity contribution < 1.29 is 14.0 Å². The van der Waals surface area contributed by atoms with Crippen molar-refractivity contribution in [2.75, 3.05) is 19.8 Å². The molecule has 1 aromatic heterocycles. The summed E-state index contributed by atoms with van der Waals surface area (Å²) in [6, 6.07) is 0. The summed E-state index contributed by atoms with van der Waals surface area (Å²) in [6.07, 6.45) is 0.861. The van der Waals surface area contributed by atoms with Gasteiger partial charge in [0, 0.05) is 13.2 Å². The third-order valence-corrected chi connectivity index (χ3v) is 2.52. The molecule has 0 spiro atoms. The predicted molar refractivity (Wildman–Crippen MR) is 52.5 cm³/mol. The second-order valence-corrected chi connectivity index (χ2v) is 3.65. The van der Waals surface area contributed by atoms with Gasteiger partial charge in [-0.2, -0.15) is 4.98 Å². The van der Waals surface area contributed by atoms with Gasteiger partial charge >= 0.3 is 0 Å². The fourth-order valence-electron chi connectivity index (χ4n) is 1.63. The topological polar surface area (TPSA) is 57.4 Å². The molecule has 5 heteroatoms. The fraction of sp³-hybridized carbons (Fsp3) is 0.800. The van der Waals surface area contributed by atoms with Crippen LogP contribution in [0.5, 0.6) is 0 Å². The van der Waals surface area contributed by atoms with Gasteiger partial charge in [0.25, 0.3) is 0 Å². The van der Waals surface area contributed by atoms with E-state index in [0.29, 0.717) is 24.9 Å². The lowest BCUT2D eigenvalue weighted by molar-refractivity contribution is 0.0683. The van der Waals surface area contributed by atoms with Crippen LogP contribution < -0.4 is 0 Å². The monoisotopic (exact) mass is 212 g/mol. The fourth-order valence-corrected chi connectivity index (χ4v) is 1.63. The highest BCUT2D eigenvalue weighted by atomic mass is 16.5. The van der Waals surface area contributed by atoms with E-state index in [9.17, 15) is 0 Å². The molecule has 0 aliphatic carbocycles. The molecule has 2 atom stereocenters. The van der Waals surface area contributed by atoms with Crippen LogP contribution in [-0.2, 0) is 9.47 Å². The quantitative estimate of drug-likeness (QED) is 0.759. The van der Waals surface area contributed by atoms with Crippen molar-refractivity contribution in [1.82, 2.24) is 10.1 Å². The Bertz CT molecular complexity index is 307. The van der Waals surface area contributed by atoms with Gasteiger partial charge in [-0.25, -0.2) is 0 Å². The van der Waals surface area contributed by atoms with Crippen LogP contribution in [0.2, 0.25) is 0 Å². The van der Waals surface area contributed by atoms with Gasteiger partial charge in [0.1, 0.15) is 6.10 Å². The number of ether oxygens (including phenoxy) is 2. The van der Waals surface area contributed by atoms with Gasteiger partial charge in [0.2, 0.25) is 5.89 Å². The van der Waals surface area contributed by atoms with Gasteiger partial charge in [-0.15, -0.1) is 0 Å². The van der Waals surface area contributed by atoms with Gasteiger partial charge in [-0.3, -0.25) is 0 Å². The van der Waals surface area contributed by atoms with Crippen LogP contribution in [0.15, 0.2) is 4.52 Å². The molecule has 15 heavy (non-hydrogen) atoms. The number of hydrogen-bond acceptors (Lipinski definition) is 5. The number of rotatable bonds is 4. The van der Waals surface area contributed by atoms with E-state index >= 15 is 0 Å².